The number of hydrazone groups is 1. The second-order valence-electron chi connectivity index (χ2n) is 7.34. The first-order valence-electron chi connectivity index (χ1n) is 10.3. The SMILES string of the molecule is CCOc1cc(C=NNC(=O)C(NC(=O)c2ccc3c(c2)OCO3)C(C)C)ccc1OC. The van der Waals surface area contributed by atoms with Crippen LogP contribution in [0.15, 0.2) is 41.5 Å². The molecule has 1 atom stereocenters. The number of methoxy groups -OCH3 is 1. The van der Waals surface area contributed by atoms with E-state index in [-0.39, 0.29) is 12.7 Å². The Morgan fingerprint density at radius 1 is 1.12 bits per heavy atom. The molecule has 2 aromatic rings. The van der Waals surface area contributed by atoms with E-state index in [0.717, 1.165) is 5.56 Å². The monoisotopic (exact) mass is 441 g/mol. The minimum atomic E-state index is -0.778. The summed E-state index contributed by atoms with van der Waals surface area (Å²) in [6, 6.07) is 9.41. The maximum atomic E-state index is 12.7. The first-order valence-corrected chi connectivity index (χ1v) is 10.3. The number of amides is 2. The van der Waals surface area contributed by atoms with Crippen molar-refractivity contribution in [3.8, 4) is 23.0 Å². The summed E-state index contributed by atoms with van der Waals surface area (Å²) in [6.07, 6.45) is 1.50. The highest BCUT2D eigenvalue weighted by Crippen LogP contribution is 2.32. The average molecular weight is 441 g/mol. The van der Waals surface area contributed by atoms with Crippen LogP contribution in [0.1, 0.15) is 36.7 Å². The molecule has 1 aliphatic rings. The van der Waals surface area contributed by atoms with Gasteiger partial charge in [0.1, 0.15) is 6.04 Å². The van der Waals surface area contributed by atoms with Crippen LogP contribution in [0.5, 0.6) is 23.0 Å². The van der Waals surface area contributed by atoms with Crippen molar-refractivity contribution in [1.82, 2.24) is 10.7 Å². The molecule has 0 bridgehead atoms. The third-order valence-corrected chi connectivity index (χ3v) is 4.75. The van der Waals surface area contributed by atoms with Crippen LogP contribution in [0.25, 0.3) is 0 Å². The Morgan fingerprint density at radius 3 is 2.62 bits per heavy atom. The van der Waals surface area contributed by atoms with Crippen molar-refractivity contribution in [2.75, 3.05) is 20.5 Å². The molecule has 0 aromatic heterocycles. The molecule has 0 saturated heterocycles. The van der Waals surface area contributed by atoms with Crippen LogP contribution >= 0.6 is 0 Å². The van der Waals surface area contributed by atoms with Crippen LogP contribution in [0.4, 0.5) is 0 Å². The van der Waals surface area contributed by atoms with E-state index >= 15 is 0 Å². The Hall–Kier alpha value is -3.75. The maximum absolute atomic E-state index is 12.7. The fourth-order valence-corrected chi connectivity index (χ4v) is 3.08. The molecule has 170 valence electrons. The fraction of sp³-hybridized carbons (Fsp3) is 0.348. The third kappa shape index (κ3) is 5.48. The summed E-state index contributed by atoms with van der Waals surface area (Å²) in [7, 11) is 1.57. The topological polar surface area (TPSA) is 107 Å². The third-order valence-electron chi connectivity index (χ3n) is 4.75. The smallest absolute Gasteiger partial charge is 0.262 e. The summed E-state index contributed by atoms with van der Waals surface area (Å²) in [6.45, 7) is 6.17. The Bertz CT molecular complexity index is 1010. The summed E-state index contributed by atoms with van der Waals surface area (Å²) in [5.41, 5.74) is 3.59. The Kier molecular flexibility index (Phi) is 7.54. The van der Waals surface area contributed by atoms with E-state index in [1.807, 2.05) is 20.8 Å². The lowest BCUT2D eigenvalue weighted by Crippen LogP contribution is -2.48. The van der Waals surface area contributed by atoms with Crippen molar-refractivity contribution in [3.63, 3.8) is 0 Å². The largest absolute Gasteiger partial charge is 0.493 e. The van der Waals surface area contributed by atoms with Crippen molar-refractivity contribution < 1.29 is 28.5 Å². The van der Waals surface area contributed by atoms with Crippen molar-refractivity contribution in [3.05, 3.63) is 47.5 Å². The molecule has 2 N–H and O–H groups in total. The van der Waals surface area contributed by atoms with Crippen LogP contribution in [0.2, 0.25) is 0 Å². The van der Waals surface area contributed by atoms with Gasteiger partial charge in [0.25, 0.3) is 11.8 Å². The summed E-state index contributed by atoms with van der Waals surface area (Å²) >= 11 is 0. The molecule has 0 spiro atoms. The number of carbonyl (C=O) groups is 2. The molecule has 1 heterocycles. The van der Waals surface area contributed by atoms with Crippen LogP contribution in [0.3, 0.4) is 0 Å². The summed E-state index contributed by atoms with van der Waals surface area (Å²) in [4.78, 5) is 25.3. The lowest BCUT2D eigenvalue weighted by Gasteiger charge is -2.20. The van der Waals surface area contributed by atoms with Crippen molar-refractivity contribution >= 4 is 18.0 Å². The number of fused-ring (bicyclic) bond motifs is 1. The first kappa shape index (κ1) is 22.9. The number of carbonyl (C=O) groups excluding carboxylic acids is 2. The van der Waals surface area contributed by atoms with Gasteiger partial charge in [-0.05, 0) is 54.8 Å². The minimum Gasteiger partial charge on any atom is -0.493 e. The van der Waals surface area contributed by atoms with Gasteiger partial charge >= 0.3 is 0 Å². The van der Waals surface area contributed by atoms with Gasteiger partial charge in [-0.2, -0.15) is 5.10 Å². The standard InChI is InChI=1S/C23H27N3O6/c1-5-30-19-10-15(6-8-17(19)29-4)12-24-26-23(28)21(14(2)3)25-22(27)16-7-9-18-20(11-16)32-13-31-18/h6-12,14,21H,5,13H2,1-4H3,(H,25,27)(H,26,28). The lowest BCUT2D eigenvalue weighted by atomic mass is 10.0. The molecule has 2 amide bonds. The molecule has 0 radical (unpaired) electrons. The van der Waals surface area contributed by atoms with E-state index < -0.39 is 17.9 Å². The Labute approximate surface area is 186 Å². The van der Waals surface area contributed by atoms with Crippen molar-refractivity contribution in [1.29, 1.82) is 0 Å². The second kappa shape index (κ2) is 10.5. The van der Waals surface area contributed by atoms with Gasteiger partial charge in [0, 0.05) is 5.56 Å². The van der Waals surface area contributed by atoms with Crippen molar-refractivity contribution in [2.45, 2.75) is 26.8 Å². The maximum Gasteiger partial charge on any atom is 0.262 e. The average Bonchev–Trinajstić information content (AvgIpc) is 3.25. The quantitative estimate of drug-likeness (QED) is 0.458. The zero-order valence-corrected chi connectivity index (χ0v) is 18.5. The van der Waals surface area contributed by atoms with Gasteiger partial charge in [0.15, 0.2) is 23.0 Å². The zero-order chi connectivity index (χ0) is 23.1. The number of nitrogens with one attached hydrogen (secondary N) is 2. The minimum absolute atomic E-state index is 0.121. The molecule has 0 fully saturated rings. The number of nitrogens with zero attached hydrogens (tertiary/aromatic N) is 1. The van der Waals surface area contributed by atoms with Gasteiger partial charge in [0.05, 0.1) is 19.9 Å². The Balaban J connectivity index is 1.64. The Morgan fingerprint density at radius 2 is 1.91 bits per heavy atom. The van der Waals surface area contributed by atoms with Gasteiger partial charge in [0.2, 0.25) is 6.79 Å². The number of benzene rings is 2. The van der Waals surface area contributed by atoms with Crippen LogP contribution in [-0.2, 0) is 4.79 Å². The molecule has 0 saturated carbocycles. The molecule has 2 aromatic carbocycles. The first-order chi connectivity index (χ1) is 15.4. The highest BCUT2D eigenvalue weighted by molar-refractivity contribution is 5.98. The van der Waals surface area contributed by atoms with E-state index in [1.165, 1.54) is 6.21 Å². The van der Waals surface area contributed by atoms with Crippen LogP contribution in [0, 0.1) is 5.92 Å². The van der Waals surface area contributed by atoms with Gasteiger partial charge in [-0.1, -0.05) is 13.8 Å². The molecule has 32 heavy (non-hydrogen) atoms. The van der Waals surface area contributed by atoms with Gasteiger partial charge in [-0.25, -0.2) is 5.43 Å². The predicted molar refractivity (Wildman–Crippen MR) is 119 cm³/mol. The molecule has 9 nitrogen and oxygen atoms in total. The fourth-order valence-electron chi connectivity index (χ4n) is 3.08. The van der Waals surface area contributed by atoms with Gasteiger partial charge < -0.3 is 24.3 Å². The molecule has 0 aliphatic carbocycles. The van der Waals surface area contributed by atoms with E-state index in [9.17, 15) is 9.59 Å². The number of hydrogen-bond acceptors (Lipinski definition) is 7. The van der Waals surface area contributed by atoms with E-state index in [4.69, 9.17) is 18.9 Å². The lowest BCUT2D eigenvalue weighted by molar-refractivity contribution is -0.123. The summed E-state index contributed by atoms with van der Waals surface area (Å²) in [5.74, 6) is 1.30. The molecule has 1 unspecified atom stereocenters. The van der Waals surface area contributed by atoms with Gasteiger partial charge in [-0.3, -0.25) is 9.59 Å². The van der Waals surface area contributed by atoms with E-state index in [0.29, 0.717) is 35.2 Å². The van der Waals surface area contributed by atoms with Crippen LogP contribution in [-0.4, -0.2) is 44.6 Å². The summed E-state index contributed by atoms with van der Waals surface area (Å²) in [5, 5.41) is 6.78. The summed E-state index contributed by atoms with van der Waals surface area (Å²) < 4.78 is 21.4. The molecule has 9 heteroatoms. The zero-order valence-electron chi connectivity index (χ0n) is 18.5. The number of rotatable bonds is 9. The van der Waals surface area contributed by atoms with E-state index in [2.05, 4.69) is 15.8 Å². The normalized spacial score (nSPS) is 13.2. The molecule has 1 aliphatic heterocycles. The number of hydrogen-bond donors (Lipinski definition) is 2. The molecular formula is C23H27N3O6. The van der Waals surface area contributed by atoms with Gasteiger partial charge in [-0.15, -0.1) is 0 Å². The highest BCUT2D eigenvalue weighted by atomic mass is 16.7. The van der Waals surface area contributed by atoms with E-state index in [1.54, 1.807) is 43.5 Å². The predicted octanol–water partition coefficient (Wildman–Crippen LogP) is 2.73. The van der Waals surface area contributed by atoms with Crippen LogP contribution < -0.4 is 29.7 Å². The molecule has 3 rings (SSSR count). The number of ether oxygens (including phenoxy) is 4. The highest BCUT2D eigenvalue weighted by Gasteiger charge is 2.25. The van der Waals surface area contributed by atoms with Crippen molar-refractivity contribution in [2.24, 2.45) is 11.0 Å². The molecular weight excluding hydrogens is 414 g/mol. The second-order valence-corrected chi connectivity index (χ2v) is 7.34.